The zero-order valence-corrected chi connectivity index (χ0v) is 10.0. The second-order valence-electron chi connectivity index (χ2n) is 3.20. The van der Waals surface area contributed by atoms with Crippen LogP contribution in [0.4, 0.5) is 0 Å². The van der Waals surface area contributed by atoms with E-state index in [4.69, 9.17) is 0 Å². The lowest BCUT2D eigenvalue weighted by Gasteiger charge is -2.12. The molecule has 1 heterocycles. The largest absolute Gasteiger partial charge is 0.384 e. The summed E-state index contributed by atoms with van der Waals surface area (Å²) in [5.41, 5.74) is 1.96. The van der Waals surface area contributed by atoms with Gasteiger partial charge in [-0.15, -0.1) is 11.8 Å². The minimum atomic E-state index is -0.500. The third kappa shape index (κ3) is 2.25. The van der Waals surface area contributed by atoms with E-state index in [0.29, 0.717) is 0 Å². The third-order valence-electron chi connectivity index (χ3n) is 2.29. The van der Waals surface area contributed by atoms with Gasteiger partial charge in [-0.1, -0.05) is 18.2 Å². The molecule has 2 aromatic rings. The molecule has 0 bridgehead atoms. The first-order valence-electron chi connectivity index (χ1n) is 4.66. The number of rotatable bonds is 3. The highest BCUT2D eigenvalue weighted by Crippen LogP contribution is 2.30. The van der Waals surface area contributed by atoms with Gasteiger partial charge in [-0.05, 0) is 40.3 Å². The molecule has 1 aromatic heterocycles. The lowest BCUT2D eigenvalue weighted by atomic mass is 10.0. The van der Waals surface area contributed by atoms with Crippen molar-refractivity contribution in [3.05, 3.63) is 52.2 Å². The zero-order valence-electron chi connectivity index (χ0n) is 8.38. The highest BCUT2D eigenvalue weighted by molar-refractivity contribution is 7.98. The second kappa shape index (κ2) is 4.84. The third-order valence-corrected chi connectivity index (χ3v) is 3.81. The predicted molar refractivity (Wildman–Crippen MR) is 66.6 cm³/mol. The topological polar surface area (TPSA) is 20.2 Å². The lowest BCUT2D eigenvalue weighted by Crippen LogP contribution is -1.99. The molecule has 0 saturated heterocycles. The normalized spacial score (nSPS) is 12.7. The summed E-state index contributed by atoms with van der Waals surface area (Å²) in [6.45, 7) is 0. The van der Waals surface area contributed by atoms with Gasteiger partial charge in [0.05, 0.1) is 0 Å². The monoisotopic (exact) mass is 236 g/mol. The van der Waals surface area contributed by atoms with Gasteiger partial charge in [0.2, 0.25) is 0 Å². The molecule has 1 nitrogen and oxygen atoms in total. The number of aliphatic hydroxyl groups excluding tert-OH is 1. The van der Waals surface area contributed by atoms with E-state index in [1.165, 1.54) is 0 Å². The van der Waals surface area contributed by atoms with Gasteiger partial charge in [0.25, 0.3) is 0 Å². The number of hydrogen-bond donors (Lipinski definition) is 1. The molecule has 78 valence electrons. The number of hydrogen-bond acceptors (Lipinski definition) is 3. The fourth-order valence-corrected chi connectivity index (χ4v) is 2.81. The first-order valence-corrected chi connectivity index (χ1v) is 6.82. The van der Waals surface area contributed by atoms with Crippen molar-refractivity contribution >= 4 is 23.1 Å². The highest BCUT2D eigenvalue weighted by atomic mass is 32.2. The maximum Gasteiger partial charge on any atom is 0.106 e. The Hall–Kier alpha value is -0.770. The van der Waals surface area contributed by atoms with Gasteiger partial charge in [0.1, 0.15) is 6.10 Å². The van der Waals surface area contributed by atoms with Gasteiger partial charge in [0.15, 0.2) is 0 Å². The molecular formula is C12H12OS2. The van der Waals surface area contributed by atoms with Crippen molar-refractivity contribution < 1.29 is 5.11 Å². The fourth-order valence-electron chi connectivity index (χ4n) is 1.50. The average molecular weight is 236 g/mol. The summed E-state index contributed by atoms with van der Waals surface area (Å²) in [6.07, 6.45) is 1.53. The van der Waals surface area contributed by atoms with Crippen molar-refractivity contribution in [1.82, 2.24) is 0 Å². The van der Waals surface area contributed by atoms with Gasteiger partial charge >= 0.3 is 0 Å². The molecule has 0 radical (unpaired) electrons. The first kappa shape index (κ1) is 10.7. The smallest absolute Gasteiger partial charge is 0.106 e. The molecule has 15 heavy (non-hydrogen) atoms. The minimum absolute atomic E-state index is 0.500. The van der Waals surface area contributed by atoms with Crippen molar-refractivity contribution in [2.75, 3.05) is 6.26 Å². The molecule has 2 rings (SSSR count). The van der Waals surface area contributed by atoms with E-state index < -0.39 is 6.10 Å². The maximum atomic E-state index is 10.2. The van der Waals surface area contributed by atoms with Crippen molar-refractivity contribution in [1.29, 1.82) is 0 Å². The van der Waals surface area contributed by atoms with Gasteiger partial charge in [-0.2, -0.15) is 11.3 Å². The van der Waals surface area contributed by atoms with E-state index in [1.807, 2.05) is 47.3 Å². The van der Waals surface area contributed by atoms with Crippen molar-refractivity contribution in [2.24, 2.45) is 0 Å². The van der Waals surface area contributed by atoms with E-state index in [0.717, 1.165) is 16.0 Å². The van der Waals surface area contributed by atoms with Crippen molar-refractivity contribution in [2.45, 2.75) is 11.0 Å². The van der Waals surface area contributed by atoms with E-state index >= 15 is 0 Å². The van der Waals surface area contributed by atoms with Crippen LogP contribution in [0.1, 0.15) is 17.2 Å². The van der Waals surface area contributed by atoms with Crippen molar-refractivity contribution in [3.63, 3.8) is 0 Å². The maximum absolute atomic E-state index is 10.2. The summed E-state index contributed by atoms with van der Waals surface area (Å²) in [7, 11) is 0. The van der Waals surface area contributed by atoms with E-state index in [9.17, 15) is 5.11 Å². The van der Waals surface area contributed by atoms with Gasteiger partial charge < -0.3 is 5.11 Å². The molecule has 0 spiro atoms. The lowest BCUT2D eigenvalue weighted by molar-refractivity contribution is 0.218. The van der Waals surface area contributed by atoms with Crippen LogP contribution in [0.5, 0.6) is 0 Å². The second-order valence-corrected chi connectivity index (χ2v) is 4.83. The molecule has 1 atom stereocenters. The zero-order chi connectivity index (χ0) is 10.7. The van der Waals surface area contributed by atoms with Crippen LogP contribution in [0.25, 0.3) is 0 Å². The van der Waals surface area contributed by atoms with Gasteiger partial charge in [-0.3, -0.25) is 0 Å². The van der Waals surface area contributed by atoms with Crippen LogP contribution < -0.4 is 0 Å². The number of aliphatic hydroxyl groups is 1. The fraction of sp³-hybridized carbons (Fsp3) is 0.167. The molecule has 3 heteroatoms. The summed E-state index contributed by atoms with van der Waals surface area (Å²) in [6, 6.07) is 9.94. The molecule has 1 aromatic carbocycles. The molecule has 1 N–H and O–H groups in total. The summed E-state index contributed by atoms with van der Waals surface area (Å²) in [5.74, 6) is 0. The highest BCUT2D eigenvalue weighted by Gasteiger charge is 2.13. The Morgan fingerprint density at radius 3 is 2.73 bits per heavy atom. The Morgan fingerprint density at radius 2 is 2.07 bits per heavy atom. The first-order chi connectivity index (χ1) is 7.33. The Kier molecular flexibility index (Phi) is 3.46. The van der Waals surface area contributed by atoms with E-state index in [2.05, 4.69) is 0 Å². The van der Waals surface area contributed by atoms with E-state index in [-0.39, 0.29) is 0 Å². The number of thioether (sulfide) groups is 1. The molecular weight excluding hydrogens is 224 g/mol. The van der Waals surface area contributed by atoms with Crippen LogP contribution in [0, 0.1) is 0 Å². The van der Waals surface area contributed by atoms with Crippen LogP contribution in [0.3, 0.4) is 0 Å². The quantitative estimate of drug-likeness (QED) is 0.822. The SMILES string of the molecule is CSc1ccccc1[C@@H](O)c1ccsc1. The van der Waals surface area contributed by atoms with Crippen LogP contribution >= 0.6 is 23.1 Å². The van der Waals surface area contributed by atoms with Gasteiger partial charge in [0, 0.05) is 4.90 Å². The molecule has 0 unspecified atom stereocenters. The Balaban J connectivity index is 2.37. The van der Waals surface area contributed by atoms with Gasteiger partial charge in [-0.25, -0.2) is 0 Å². The van der Waals surface area contributed by atoms with Crippen LogP contribution in [-0.2, 0) is 0 Å². The summed E-state index contributed by atoms with van der Waals surface area (Å²) in [4.78, 5) is 1.14. The predicted octanol–water partition coefficient (Wildman–Crippen LogP) is 3.55. The Labute approximate surface area is 97.8 Å². The molecule has 0 fully saturated rings. The van der Waals surface area contributed by atoms with Crippen LogP contribution in [0.15, 0.2) is 46.0 Å². The summed E-state index contributed by atoms with van der Waals surface area (Å²) < 4.78 is 0. The Morgan fingerprint density at radius 1 is 1.27 bits per heavy atom. The summed E-state index contributed by atoms with van der Waals surface area (Å²) in [5, 5.41) is 14.2. The number of thiophene rings is 1. The molecule has 0 aliphatic rings. The molecule has 0 amide bonds. The Bertz CT molecular complexity index is 423. The van der Waals surface area contributed by atoms with E-state index in [1.54, 1.807) is 23.1 Å². The van der Waals surface area contributed by atoms with Crippen molar-refractivity contribution in [3.8, 4) is 0 Å². The standard InChI is InChI=1S/C12H12OS2/c1-14-11-5-3-2-4-10(11)12(13)9-6-7-15-8-9/h2-8,12-13H,1H3/t12-/m0/s1. The average Bonchev–Trinajstić information content (AvgIpc) is 2.81. The molecule has 0 aliphatic heterocycles. The summed E-state index contributed by atoms with van der Waals surface area (Å²) >= 11 is 3.27. The van der Waals surface area contributed by atoms with Crippen LogP contribution in [-0.4, -0.2) is 11.4 Å². The molecule has 0 aliphatic carbocycles. The minimum Gasteiger partial charge on any atom is -0.384 e. The molecule has 0 saturated carbocycles. The van der Waals surface area contributed by atoms with Crippen LogP contribution in [0.2, 0.25) is 0 Å². The number of benzene rings is 1.